The minimum absolute atomic E-state index is 0.0711. The van der Waals surface area contributed by atoms with E-state index in [4.69, 9.17) is 4.74 Å². The molecule has 1 aliphatic rings. The number of nitrogens with one attached hydrogen (secondary N) is 1. The zero-order valence-electron chi connectivity index (χ0n) is 14.6. The van der Waals surface area contributed by atoms with Crippen molar-refractivity contribution in [3.05, 3.63) is 29.8 Å². The molecule has 0 aliphatic heterocycles. The van der Waals surface area contributed by atoms with Gasteiger partial charge < -0.3 is 20.1 Å². The van der Waals surface area contributed by atoms with E-state index >= 15 is 0 Å². The average Bonchev–Trinajstić information content (AvgIpc) is 3.04. The van der Waals surface area contributed by atoms with Crippen molar-refractivity contribution < 1.29 is 19.6 Å². The number of hydrogen-bond acceptors (Lipinski definition) is 5. The first-order chi connectivity index (χ1) is 11.5. The minimum Gasteiger partial charge on any atom is -0.461 e. The van der Waals surface area contributed by atoms with Crippen LogP contribution in [0.15, 0.2) is 24.3 Å². The van der Waals surface area contributed by atoms with Gasteiger partial charge in [-0.15, -0.1) is 0 Å². The van der Waals surface area contributed by atoms with Gasteiger partial charge in [0.05, 0.1) is 0 Å². The molecule has 0 heterocycles. The number of carbonyl (C=O) groups excluding carboxylic acids is 1. The molecule has 1 fully saturated rings. The molecule has 24 heavy (non-hydrogen) atoms. The molecule has 3 N–H and O–H groups in total. The average molecular weight is 333 g/mol. The molecule has 1 aromatic carbocycles. The van der Waals surface area contributed by atoms with Crippen LogP contribution in [-0.4, -0.2) is 35.3 Å². The molecule has 0 radical (unpaired) electrons. The predicted molar refractivity (Wildman–Crippen MR) is 94.7 cm³/mol. The third kappa shape index (κ3) is 5.93. The van der Waals surface area contributed by atoms with Gasteiger partial charge in [0.1, 0.15) is 12.1 Å². The molecule has 0 amide bonds. The number of ether oxygens (including phenoxy) is 1. The molecule has 0 unspecified atom stereocenters. The minimum atomic E-state index is -1.48. The van der Waals surface area contributed by atoms with Crippen molar-refractivity contribution in [1.82, 2.24) is 5.32 Å². The van der Waals surface area contributed by atoms with Gasteiger partial charge in [0, 0.05) is 6.54 Å². The predicted octanol–water partition coefficient (Wildman–Crippen LogP) is 1.36. The fourth-order valence-corrected chi connectivity index (χ4v) is 3.09. The Bertz CT molecular complexity index is 530. The van der Waals surface area contributed by atoms with E-state index < -0.39 is 7.12 Å². The third-order valence-corrected chi connectivity index (χ3v) is 4.38. The molecule has 5 nitrogen and oxygen atoms in total. The van der Waals surface area contributed by atoms with Gasteiger partial charge in [0.15, 0.2) is 0 Å². The highest BCUT2D eigenvalue weighted by atomic mass is 16.5. The number of hydrogen-bond donors (Lipinski definition) is 3. The van der Waals surface area contributed by atoms with Crippen molar-refractivity contribution in [3.63, 3.8) is 0 Å². The van der Waals surface area contributed by atoms with Crippen LogP contribution in [0.25, 0.3) is 0 Å². The summed E-state index contributed by atoms with van der Waals surface area (Å²) < 4.78 is 5.64. The Morgan fingerprint density at radius 2 is 2.04 bits per heavy atom. The zero-order chi connectivity index (χ0) is 17.5. The summed E-state index contributed by atoms with van der Waals surface area (Å²) in [5.41, 5.74) is 1.35. The van der Waals surface area contributed by atoms with E-state index in [1.165, 1.54) is 0 Å². The summed E-state index contributed by atoms with van der Waals surface area (Å²) in [6, 6.07) is 6.72. The van der Waals surface area contributed by atoms with Crippen LogP contribution < -0.4 is 10.8 Å². The van der Waals surface area contributed by atoms with E-state index in [1.807, 2.05) is 6.07 Å². The number of benzene rings is 1. The Morgan fingerprint density at radius 1 is 1.33 bits per heavy atom. The van der Waals surface area contributed by atoms with Crippen LogP contribution in [-0.2, 0) is 16.1 Å². The molecule has 0 saturated heterocycles. The quantitative estimate of drug-likeness (QED) is 0.494. The molecular formula is C18H28BNO4. The van der Waals surface area contributed by atoms with Crippen molar-refractivity contribution in [3.8, 4) is 0 Å². The Labute approximate surface area is 144 Å². The molecule has 6 heteroatoms. The van der Waals surface area contributed by atoms with Gasteiger partial charge in [-0.1, -0.05) is 38.1 Å². The Balaban J connectivity index is 1.94. The van der Waals surface area contributed by atoms with Gasteiger partial charge in [-0.2, -0.15) is 0 Å². The standard InChI is InChI=1S/C18H28BNO4/c1-13(2)10-17(18(21)24-16-8-3-4-9-16)20-12-14-6-5-7-15(11-14)19(22)23/h5-7,11,13,16-17,20,22-23H,3-4,8-10,12H2,1-2H3/t17-/m1/s1. The van der Waals surface area contributed by atoms with Gasteiger partial charge >= 0.3 is 13.1 Å². The summed E-state index contributed by atoms with van der Waals surface area (Å²) in [7, 11) is -1.48. The lowest BCUT2D eigenvalue weighted by atomic mass is 9.79. The first kappa shape index (κ1) is 19.0. The smallest absolute Gasteiger partial charge is 0.461 e. The van der Waals surface area contributed by atoms with E-state index in [0.717, 1.165) is 31.2 Å². The highest BCUT2D eigenvalue weighted by Gasteiger charge is 2.26. The van der Waals surface area contributed by atoms with Crippen LogP contribution in [0.3, 0.4) is 0 Å². The van der Waals surface area contributed by atoms with Crippen molar-refractivity contribution in [2.75, 3.05) is 0 Å². The summed E-state index contributed by atoms with van der Waals surface area (Å²) in [5.74, 6) is 0.207. The van der Waals surface area contributed by atoms with Crippen molar-refractivity contribution >= 4 is 18.6 Å². The van der Waals surface area contributed by atoms with Crippen LogP contribution in [0.1, 0.15) is 51.5 Å². The fraction of sp³-hybridized carbons (Fsp3) is 0.611. The highest BCUT2D eigenvalue weighted by Crippen LogP contribution is 2.22. The normalized spacial score (nSPS) is 16.4. The van der Waals surface area contributed by atoms with Crippen molar-refractivity contribution in [2.24, 2.45) is 5.92 Å². The maximum absolute atomic E-state index is 12.5. The second-order valence-electron chi connectivity index (χ2n) is 7.03. The van der Waals surface area contributed by atoms with Crippen LogP contribution in [0.2, 0.25) is 0 Å². The SMILES string of the molecule is CC(C)C[C@@H](NCc1cccc(B(O)O)c1)C(=O)OC1CCCC1. The van der Waals surface area contributed by atoms with Gasteiger partial charge in [-0.25, -0.2) is 0 Å². The first-order valence-corrected chi connectivity index (χ1v) is 8.84. The van der Waals surface area contributed by atoms with Crippen molar-refractivity contribution in [1.29, 1.82) is 0 Å². The third-order valence-electron chi connectivity index (χ3n) is 4.38. The zero-order valence-corrected chi connectivity index (χ0v) is 14.6. The fourth-order valence-electron chi connectivity index (χ4n) is 3.09. The van der Waals surface area contributed by atoms with Crippen molar-refractivity contribution in [2.45, 2.75) is 64.6 Å². The van der Waals surface area contributed by atoms with E-state index in [9.17, 15) is 14.8 Å². The Morgan fingerprint density at radius 3 is 2.67 bits per heavy atom. The lowest BCUT2D eigenvalue weighted by Gasteiger charge is -2.22. The van der Waals surface area contributed by atoms with E-state index in [2.05, 4.69) is 19.2 Å². The number of rotatable bonds is 8. The van der Waals surface area contributed by atoms with Gasteiger partial charge in [-0.3, -0.25) is 4.79 Å². The summed E-state index contributed by atoms with van der Waals surface area (Å²) in [6.45, 7) is 4.65. The molecule has 1 saturated carbocycles. The van der Waals surface area contributed by atoms with E-state index in [0.29, 0.717) is 24.3 Å². The lowest BCUT2D eigenvalue weighted by Crippen LogP contribution is -2.40. The molecule has 0 aromatic heterocycles. The molecule has 1 aromatic rings. The van der Waals surface area contributed by atoms with E-state index in [-0.39, 0.29) is 18.1 Å². The molecule has 132 valence electrons. The Kier molecular flexibility index (Phi) is 7.27. The molecule has 0 bridgehead atoms. The lowest BCUT2D eigenvalue weighted by molar-refractivity contribution is -0.151. The monoisotopic (exact) mass is 333 g/mol. The maximum Gasteiger partial charge on any atom is 0.488 e. The van der Waals surface area contributed by atoms with Gasteiger partial charge in [0.2, 0.25) is 0 Å². The van der Waals surface area contributed by atoms with E-state index in [1.54, 1.807) is 18.2 Å². The Hall–Kier alpha value is -1.37. The van der Waals surface area contributed by atoms with Crippen LogP contribution >= 0.6 is 0 Å². The second-order valence-corrected chi connectivity index (χ2v) is 7.03. The topological polar surface area (TPSA) is 78.8 Å². The molecular weight excluding hydrogens is 305 g/mol. The summed E-state index contributed by atoms with van der Waals surface area (Å²) in [5, 5.41) is 21.8. The largest absolute Gasteiger partial charge is 0.488 e. The van der Waals surface area contributed by atoms with Gasteiger partial charge in [-0.05, 0) is 49.0 Å². The first-order valence-electron chi connectivity index (χ1n) is 8.84. The molecule has 2 rings (SSSR count). The summed E-state index contributed by atoms with van der Waals surface area (Å²) >= 11 is 0. The summed E-state index contributed by atoms with van der Waals surface area (Å²) in [6.07, 6.45) is 5.00. The second kappa shape index (κ2) is 9.21. The van der Waals surface area contributed by atoms with Gasteiger partial charge in [0.25, 0.3) is 0 Å². The number of carbonyl (C=O) groups is 1. The van der Waals surface area contributed by atoms with Crippen LogP contribution in [0.5, 0.6) is 0 Å². The van der Waals surface area contributed by atoms with Crippen LogP contribution in [0.4, 0.5) is 0 Å². The molecule has 0 spiro atoms. The number of esters is 1. The highest BCUT2D eigenvalue weighted by molar-refractivity contribution is 6.58. The molecule has 1 atom stereocenters. The molecule has 1 aliphatic carbocycles. The maximum atomic E-state index is 12.5. The van der Waals surface area contributed by atoms with Crippen LogP contribution in [0, 0.1) is 5.92 Å². The summed E-state index contributed by atoms with van der Waals surface area (Å²) in [4.78, 5) is 12.5.